The molecular formula is C13H25ClN+. The minimum atomic E-state index is 0.479. The number of hydrogen-bond donors (Lipinski definition) is 1. The van der Waals surface area contributed by atoms with Gasteiger partial charge in [-0.3, -0.25) is 0 Å². The van der Waals surface area contributed by atoms with Crippen LogP contribution in [-0.4, -0.2) is 25.0 Å². The molecule has 0 aromatic carbocycles. The molecule has 2 unspecified atom stereocenters. The predicted octanol–water partition coefficient (Wildman–Crippen LogP) is 2.10. The zero-order chi connectivity index (χ0) is 10.7. The number of halogens is 1. The second kappa shape index (κ2) is 5.54. The molecule has 1 heterocycles. The van der Waals surface area contributed by atoms with Gasteiger partial charge >= 0.3 is 0 Å². The summed E-state index contributed by atoms with van der Waals surface area (Å²) in [5.74, 6) is 1.89. The molecule has 0 amide bonds. The third-order valence-electron chi connectivity index (χ3n) is 4.28. The van der Waals surface area contributed by atoms with Crippen molar-refractivity contribution in [1.29, 1.82) is 0 Å². The quantitative estimate of drug-likeness (QED) is 0.694. The summed E-state index contributed by atoms with van der Waals surface area (Å²) in [5, 5.41) is 0.479. The molecule has 15 heavy (non-hydrogen) atoms. The van der Waals surface area contributed by atoms with Crippen LogP contribution in [0.5, 0.6) is 0 Å². The van der Waals surface area contributed by atoms with Gasteiger partial charge in [0, 0.05) is 11.3 Å². The number of piperidine rings is 1. The van der Waals surface area contributed by atoms with Crippen molar-refractivity contribution >= 4 is 11.6 Å². The van der Waals surface area contributed by atoms with Crippen LogP contribution in [0, 0.1) is 11.8 Å². The number of nitrogens with one attached hydrogen (secondary N) is 1. The number of hydrogen-bond acceptors (Lipinski definition) is 0. The SMILES string of the molecule is CC1CC[NH+](CC2CCCC(Cl)C2)CC1. The van der Waals surface area contributed by atoms with Gasteiger partial charge in [-0.25, -0.2) is 0 Å². The Labute approximate surface area is 99.2 Å². The first kappa shape index (κ1) is 11.7. The van der Waals surface area contributed by atoms with E-state index in [2.05, 4.69) is 6.92 Å². The first-order valence-corrected chi connectivity index (χ1v) is 7.15. The molecule has 88 valence electrons. The maximum absolute atomic E-state index is 6.24. The Morgan fingerprint density at radius 1 is 1.13 bits per heavy atom. The van der Waals surface area contributed by atoms with E-state index >= 15 is 0 Å². The lowest BCUT2D eigenvalue weighted by Gasteiger charge is -2.32. The topological polar surface area (TPSA) is 4.44 Å². The molecule has 2 fully saturated rings. The van der Waals surface area contributed by atoms with Crippen molar-refractivity contribution in [2.24, 2.45) is 11.8 Å². The monoisotopic (exact) mass is 230 g/mol. The standard InChI is InChI=1S/C13H24ClN/c1-11-5-7-15(8-6-11)10-12-3-2-4-13(14)9-12/h11-13H,2-10H2,1H3/p+1. The molecular weight excluding hydrogens is 206 g/mol. The molecule has 0 radical (unpaired) electrons. The molecule has 1 N–H and O–H groups in total. The fourth-order valence-corrected chi connectivity index (χ4v) is 3.60. The molecule has 2 atom stereocenters. The highest BCUT2D eigenvalue weighted by molar-refractivity contribution is 6.20. The average molecular weight is 231 g/mol. The number of quaternary nitrogens is 1. The fraction of sp³-hybridized carbons (Fsp3) is 1.00. The Bertz CT molecular complexity index is 187. The maximum atomic E-state index is 6.24. The zero-order valence-electron chi connectivity index (χ0n) is 9.97. The van der Waals surface area contributed by atoms with Crippen LogP contribution >= 0.6 is 11.6 Å². The van der Waals surface area contributed by atoms with Gasteiger partial charge < -0.3 is 4.90 Å². The van der Waals surface area contributed by atoms with Crippen LogP contribution < -0.4 is 4.90 Å². The van der Waals surface area contributed by atoms with Gasteiger partial charge in [0.2, 0.25) is 0 Å². The van der Waals surface area contributed by atoms with Gasteiger partial charge in [-0.2, -0.15) is 0 Å². The van der Waals surface area contributed by atoms with Crippen LogP contribution in [0.1, 0.15) is 45.4 Å². The third-order valence-corrected chi connectivity index (χ3v) is 4.67. The minimum absolute atomic E-state index is 0.479. The van der Waals surface area contributed by atoms with Crippen LogP contribution in [0.15, 0.2) is 0 Å². The summed E-state index contributed by atoms with van der Waals surface area (Å²) in [7, 11) is 0. The highest BCUT2D eigenvalue weighted by atomic mass is 35.5. The molecule has 1 aliphatic carbocycles. The van der Waals surface area contributed by atoms with Gasteiger partial charge in [0.1, 0.15) is 0 Å². The van der Waals surface area contributed by atoms with Crippen molar-refractivity contribution in [3.8, 4) is 0 Å². The van der Waals surface area contributed by atoms with E-state index in [0.29, 0.717) is 5.38 Å². The summed E-state index contributed by atoms with van der Waals surface area (Å²) >= 11 is 6.24. The zero-order valence-corrected chi connectivity index (χ0v) is 10.7. The number of likely N-dealkylation sites (tertiary alicyclic amines) is 1. The lowest BCUT2D eigenvalue weighted by atomic mass is 9.87. The summed E-state index contributed by atoms with van der Waals surface area (Å²) < 4.78 is 0. The second-order valence-corrected chi connectivity index (χ2v) is 6.38. The Morgan fingerprint density at radius 3 is 2.53 bits per heavy atom. The Morgan fingerprint density at radius 2 is 1.87 bits per heavy atom. The lowest BCUT2D eigenvalue weighted by Crippen LogP contribution is -3.13. The molecule has 1 saturated heterocycles. The summed E-state index contributed by atoms with van der Waals surface area (Å²) in [6.45, 7) is 6.61. The van der Waals surface area contributed by atoms with Crippen LogP contribution in [0.25, 0.3) is 0 Å². The van der Waals surface area contributed by atoms with E-state index in [1.807, 2.05) is 4.90 Å². The molecule has 2 heteroatoms. The van der Waals surface area contributed by atoms with E-state index in [0.717, 1.165) is 11.8 Å². The van der Waals surface area contributed by atoms with Gasteiger partial charge in [0.25, 0.3) is 0 Å². The fourth-order valence-electron chi connectivity index (χ4n) is 3.19. The minimum Gasteiger partial charge on any atom is -0.335 e. The van der Waals surface area contributed by atoms with Gasteiger partial charge in [-0.15, -0.1) is 11.6 Å². The molecule has 0 aromatic heterocycles. The first-order valence-electron chi connectivity index (χ1n) is 6.71. The smallest absolute Gasteiger partial charge is 0.0800 e. The molecule has 0 bridgehead atoms. The Kier molecular flexibility index (Phi) is 4.33. The van der Waals surface area contributed by atoms with Crippen molar-refractivity contribution in [2.45, 2.75) is 50.8 Å². The lowest BCUT2D eigenvalue weighted by molar-refractivity contribution is -0.909. The van der Waals surface area contributed by atoms with E-state index in [1.165, 1.54) is 58.2 Å². The molecule has 1 saturated carbocycles. The van der Waals surface area contributed by atoms with Gasteiger partial charge in [-0.05, 0) is 38.0 Å². The summed E-state index contributed by atoms with van der Waals surface area (Å²) in [4.78, 5) is 1.85. The van der Waals surface area contributed by atoms with E-state index in [-0.39, 0.29) is 0 Å². The van der Waals surface area contributed by atoms with E-state index in [4.69, 9.17) is 11.6 Å². The highest BCUT2D eigenvalue weighted by Gasteiger charge is 2.26. The number of rotatable bonds is 2. The molecule has 1 aliphatic heterocycles. The molecule has 0 spiro atoms. The number of alkyl halides is 1. The van der Waals surface area contributed by atoms with Crippen LogP contribution in [0.3, 0.4) is 0 Å². The van der Waals surface area contributed by atoms with Gasteiger partial charge in [0.15, 0.2) is 0 Å². The molecule has 2 aliphatic rings. The van der Waals surface area contributed by atoms with E-state index in [1.54, 1.807) is 0 Å². The molecule has 0 aromatic rings. The Hall–Kier alpha value is 0.250. The van der Waals surface area contributed by atoms with Crippen molar-refractivity contribution in [3.05, 3.63) is 0 Å². The normalized spacial score (nSPS) is 42.8. The van der Waals surface area contributed by atoms with Crippen molar-refractivity contribution in [1.82, 2.24) is 0 Å². The summed E-state index contributed by atoms with van der Waals surface area (Å²) in [6.07, 6.45) is 8.20. The average Bonchev–Trinajstić information content (AvgIpc) is 2.22. The van der Waals surface area contributed by atoms with Gasteiger partial charge in [-0.1, -0.05) is 13.3 Å². The van der Waals surface area contributed by atoms with E-state index < -0.39 is 0 Å². The maximum Gasteiger partial charge on any atom is 0.0800 e. The predicted molar refractivity (Wildman–Crippen MR) is 65.6 cm³/mol. The van der Waals surface area contributed by atoms with Gasteiger partial charge in [0.05, 0.1) is 19.6 Å². The van der Waals surface area contributed by atoms with E-state index in [9.17, 15) is 0 Å². The second-order valence-electron chi connectivity index (χ2n) is 5.77. The summed E-state index contributed by atoms with van der Waals surface area (Å²) in [5.41, 5.74) is 0. The summed E-state index contributed by atoms with van der Waals surface area (Å²) in [6, 6.07) is 0. The molecule has 2 rings (SSSR count). The Balaban J connectivity index is 1.71. The highest BCUT2D eigenvalue weighted by Crippen LogP contribution is 2.26. The van der Waals surface area contributed by atoms with Crippen LogP contribution in [-0.2, 0) is 0 Å². The van der Waals surface area contributed by atoms with Crippen molar-refractivity contribution in [2.75, 3.05) is 19.6 Å². The van der Waals surface area contributed by atoms with Crippen molar-refractivity contribution in [3.63, 3.8) is 0 Å². The van der Waals surface area contributed by atoms with Crippen LogP contribution in [0.4, 0.5) is 0 Å². The van der Waals surface area contributed by atoms with Crippen LogP contribution in [0.2, 0.25) is 0 Å². The molecule has 1 nitrogen and oxygen atoms in total. The van der Waals surface area contributed by atoms with Crippen molar-refractivity contribution < 1.29 is 4.90 Å². The largest absolute Gasteiger partial charge is 0.335 e. The third kappa shape index (κ3) is 3.64. The first-order chi connectivity index (χ1) is 7.24.